The lowest BCUT2D eigenvalue weighted by Gasteiger charge is -2.44. The summed E-state index contributed by atoms with van der Waals surface area (Å²) < 4.78 is 7.29. The maximum atomic E-state index is 6.27. The van der Waals surface area contributed by atoms with Crippen molar-refractivity contribution in [2.75, 3.05) is 13.7 Å². The van der Waals surface area contributed by atoms with Crippen LogP contribution in [0.25, 0.3) is 0 Å². The van der Waals surface area contributed by atoms with Gasteiger partial charge in [-0.2, -0.15) is 0 Å². The van der Waals surface area contributed by atoms with Crippen molar-refractivity contribution in [1.82, 2.24) is 10.3 Å². The zero-order valence-corrected chi connectivity index (χ0v) is 14.9. The molecular weight excluding hydrogens is 328 g/mol. The second kappa shape index (κ2) is 7.70. The number of hydrogen-bond acceptors (Lipinski definition) is 3. The fraction of sp³-hybridized carbons (Fsp3) is 0.706. The molecule has 1 unspecified atom stereocenters. The first-order valence-corrected chi connectivity index (χ1v) is 8.80. The van der Waals surface area contributed by atoms with Crippen LogP contribution in [-0.4, -0.2) is 30.3 Å². The highest BCUT2D eigenvalue weighted by atomic mass is 79.9. The largest absolute Gasteiger partial charge is 0.374 e. The molecule has 0 aromatic carbocycles. The number of likely N-dealkylation sites (N-methyl/N-ethyl adjacent to an activating group) is 1. The van der Waals surface area contributed by atoms with Crippen molar-refractivity contribution in [3.05, 3.63) is 28.5 Å². The van der Waals surface area contributed by atoms with Crippen molar-refractivity contribution >= 4 is 15.9 Å². The summed E-state index contributed by atoms with van der Waals surface area (Å²) in [6.07, 6.45) is 7.59. The lowest BCUT2D eigenvalue weighted by molar-refractivity contribution is -0.0949. The highest BCUT2D eigenvalue weighted by Gasteiger charge is 2.41. The molecule has 0 spiro atoms. The van der Waals surface area contributed by atoms with Crippen LogP contribution in [0.5, 0.6) is 0 Å². The molecular formula is C17H27BrN2O. The molecule has 0 radical (unpaired) electrons. The molecule has 1 aromatic heterocycles. The van der Waals surface area contributed by atoms with Crippen molar-refractivity contribution in [2.45, 2.75) is 57.6 Å². The molecule has 0 amide bonds. The summed E-state index contributed by atoms with van der Waals surface area (Å²) in [4.78, 5) is 4.52. The number of hydrogen-bond donors (Lipinski definition) is 1. The third-order valence-corrected chi connectivity index (χ3v) is 5.21. The van der Waals surface area contributed by atoms with Crippen LogP contribution < -0.4 is 5.32 Å². The zero-order chi connectivity index (χ0) is 15.3. The predicted octanol–water partition coefficient (Wildman–Crippen LogP) is 3.96. The molecule has 1 heterocycles. The normalized spacial score (nSPS) is 27.5. The Kier molecular flexibility index (Phi) is 6.20. The van der Waals surface area contributed by atoms with Gasteiger partial charge in [0.05, 0.1) is 5.60 Å². The average Bonchev–Trinajstić information content (AvgIpc) is 2.49. The number of halogens is 1. The zero-order valence-electron chi connectivity index (χ0n) is 13.4. The minimum atomic E-state index is -0.0369. The molecule has 1 aromatic rings. The number of rotatable bonds is 6. The molecule has 21 heavy (non-hydrogen) atoms. The van der Waals surface area contributed by atoms with E-state index >= 15 is 0 Å². The third kappa shape index (κ3) is 4.27. The van der Waals surface area contributed by atoms with Gasteiger partial charge in [0, 0.05) is 35.4 Å². The Balaban J connectivity index is 2.13. The van der Waals surface area contributed by atoms with Crippen LogP contribution in [0.15, 0.2) is 22.8 Å². The highest BCUT2D eigenvalue weighted by Crippen LogP contribution is 2.38. The molecule has 3 nitrogen and oxygen atoms in total. The van der Waals surface area contributed by atoms with Gasteiger partial charge in [0.15, 0.2) is 0 Å². The van der Waals surface area contributed by atoms with Crippen molar-refractivity contribution in [3.8, 4) is 0 Å². The maximum absolute atomic E-state index is 6.27. The lowest BCUT2D eigenvalue weighted by Crippen LogP contribution is -2.54. The molecule has 0 saturated heterocycles. The number of pyridine rings is 1. The first-order valence-electron chi connectivity index (χ1n) is 8.01. The summed E-state index contributed by atoms with van der Waals surface area (Å²) in [7, 11) is 2.04. The van der Waals surface area contributed by atoms with Gasteiger partial charge in [0.1, 0.15) is 0 Å². The Morgan fingerprint density at radius 3 is 2.67 bits per heavy atom. The lowest BCUT2D eigenvalue weighted by atomic mass is 9.74. The molecule has 1 N–H and O–H groups in total. The van der Waals surface area contributed by atoms with E-state index < -0.39 is 0 Å². The third-order valence-electron chi connectivity index (χ3n) is 4.74. The van der Waals surface area contributed by atoms with E-state index in [1.165, 1.54) is 12.8 Å². The second-order valence-corrected chi connectivity index (χ2v) is 7.11. The van der Waals surface area contributed by atoms with Crippen LogP contribution in [0.4, 0.5) is 0 Å². The molecule has 118 valence electrons. The van der Waals surface area contributed by atoms with E-state index in [1.807, 2.05) is 13.2 Å². The topological polar surface area (TPSA) is 34.1 Å². The van der Waals surface area contributed by atoms with Gasteiger partial charge in [-0.1, -0.05) is 6.92 Å². The monoisotopic (exact) mass is 354 g/mol. The smallest absolute Gasteiger partial charge is 0.0838 e. The highest BCUT2D eigenvalue weighted by molar-refractivity contribution is 9.10. The van der Waals surface area contributed by atoms with Gasteiger partial charge in [-0.25, -0.2) is 0 Å². The summed E-state index contributed by atoms with van der Waals surface area (Å²) in [5.41, 5.74) is 1.08. The Morgan fingerprint density at radius 1 is 1.43 bits per heavy atom. The Hall–Kier alpha value is -0.450. The van der Waals surface area contributed by atoms with Crippen LogP contribution in [0.1, 0.15) is 45.2 Å². The van der Waals surface area contributed by atoms with Gasteiger partial charge in [-0.15, -0.1) is 0 Å². The van der Waals surface area contributed by atoms with Gasteiger partial charge >= 0.3 is 0 Å². The van der Waals surface area contributed by atoms with E-state index in [-0.39, 0.29) is 5.60 Å². The fourth-order valence-electron chi connectivity index (χ4n) is 3.42. The fourth-order valence-corrected chi connectivity index (χ4v) is 3.65. The van der Waals surface area contributed by atoms with Gasteiger partial charge in [0.2, 0.25) is 0 Å². The van der Waals surface area contributed by atoms with Crippen LogP contribution in [-0.2, 0) is 11.2 Å². The van der Waals surface area contributed by atoms with Crippen molar-refractivity contribution in [1.29, 1.82) is 0 Å². The minimum absolute atomic E-state index is 0.0369. The van der Waals surface area contributed by atoms with E-state index in [4.69, 9.17) is 4.74 Å². The summed E-state index contributed by atoms with van der Waals surface area (Å²) in [6.45, 7) is 5.23. The van der Waals surface area contributed by atoms with Crippen LogP contribution in [0, 0.1) is 5.92 Å². The molecule has 1 fully saturated rings. The molecule has 0 aliphatic heterocycles. The molecule has 1 aliphatic rings. The van der Waals surface area contributed by atoms with Gasteiger partial charge in [0.25, 0.3) is 0 Å². The number of ether oxygens (including phenoxy) is 1. The molecule has 2 rings (SSSR count). The first-order chi connectivity index (χ1) is 10.1. The van der Waals surface area contributed by atoms with Crippen LogP contribution in [0.3, 0.4) is 0 Å². The Bertz CT molecular complexity index is 427. The van der Waals surface area contributed by atoms with E-state index in [2.05, 4.69) is 52.2 Å². The maximum Gasteiger partial charge on any atom is 0.0838 e. The van der Waals surface area contributed by atoms with Gasteiger partial charge in [-0.05, 0) is 73.6 Å². The van der Waals surface area contributed by atoms with Crippen molar-refractivity contribution in [2.24, 2.45) is 5.92 Å². The molecule has 1 aliphatic carbocycles. The number of nitrogens with one attached hydrogen (secondary N) is 1. The molecule has 1 atom stereocenters. The molecule has 4 heteroatoms. The average molecular weight is 355 g/mol. The molecule has 0 bridgehead atoms. The standard InChI is InChI=1S/C17H27BrN2O/c1-4-21-17(9-7-13(2)8-10-17)16(19-3)11-15-6-5-14(18)12-20-15/h5-6,12-13,16,19H,4,7-11H2,1-3H3. The van der Waals surface area contributed by atoms with Crippen LogP contribution in [0.2, 0.25) is 0 Å². The van der Waals surface area contributed by atoms with E-state index in [0.717, 1.165) is 42.0 Å². The number of aromatic nitrogens is 1. The van der Waals surface area contributed by atoms with E-state index in [9.17, 15) is 0 Å². The van der Waals surface area contributed by atoms with E-state index in [0.29, 0.717) is 6.04 Å². The summed E-state index contributed by atoms with van der Waals surface area (Å²) >= 11 is 3.44. The Morgan fingerprint density at radius 2 is 2.14 bits per heavy atom. The second-order valence-electron chi connectivity index (χ2n) is 6.19. The van der Waals surface area contributed by atoms with Crippen molar-refractivity contribution < 1.29 is 4.74 Å². The number of nitrogens with zero attached hydrogens (tertiary/aromatic N) is 1. The summed E-state index contributed by atoms with van der Waals surface area (Å²) in [5, 5.41) is 3.50. The van der Waals surface area contributed by atoms with Crippen molar-refractivity contribution in [3.63, 3.8) is 0 Å². The summed E-state index contributed by atoms with van der Waals surface area (Å²) in [6, 6.07) is 4.48. The first kappa shape index (κ1) is 16.9. The van der Waals surface area contributed by atoms with Crippen LogP contribution >= 0.6 is 15.9 Å². The predicted molar refractivity (Wildman–Crippen MR) is 90.5 cm³/mol. The summed E-state index contributed by atoms with van der Waals surface area (Å²) in [5.74, 6) is 0.821. The quantitative estimate of drug-likeness (QED) is 0.839. The Labute approximate surface area is 137 Å². The minimum Gasteiger partial charge on any atom is -0.374 e. The van der Waals surface area contributed by atoms with Gasteiger partial charge in [-0.3, -0.25) is 4.98 Å². The molecule has 1 saturated carbocycles. The van der Waals surface area contributed by atoms with E-state index in [1.54, 1.807) is 0 Å². The van der Waals surface area contributed by atoms with Gasteiger partial charge < -0.3 is 10.1 Å². The SMILES string of the molecule is CCOC1(C(Cc2ccc(Br)cn2)NC)CCC(C)CC1.